The van der Waals surface area contributed by atoms with E-state index in [1.807, 2.05) is 13.0 Å². The Kier molecular flexibility index (Phi) is 7.96. The number of urea groups is 1. The smallest absolute Gasteiger partial charge is 0.319 e. The van der Waals surface area contributed by atoms with Gasteiger partial charge in [0.15, 0.2) is 15.7 Å². The van der Waals surface area contributed by atoms with Crippen molar-refractivity contribution in [2.45, 2.75) is 35.4 Å². The predicted molar refractivity (Wildman–Crippen MR) is 155 cm³/mol. The van der Waals surface area contributed by atoms with Gasteiger partial charge in [-0.2, -0.15) is 0 Å². The summed E-state index contributed by atoms with van der Waals surface area (Å²) < 4.78 is 32.2. The van der Waals surface area contributed by atoms with Crippen molar-refractivity contribution in [1.29, 1.82) is 0 Å². The number of aromatic nitrogens is 2. The Labute approximate surface area is 239 Å². The van der Waals surface area contributed by atoms with Crippen LogP contribution in [0.25, 0.3) is 11.4 Å². The van der Waals surface area contributed by atoms with Crippen molar-refractivity contribution in [1.82, 2.24) is 20.2 Å². The highest BCUT2D eigenvalue weighted by molar-refractivity contribution is 7.92. The van der Waals surface area contributed by atoms with Crippen molar-refractivity contribution >= 4 is 33.3 Å². The lowest BCUT2D eigenvalue weighted by Gasteiger charge is -2.34. The van der Waals surface area contributed by atoms with Crippen LogP contribution >= 0.6 is 0 Å². The van der Waals surface area contributed by atoms with Crippen LogP contribution < -0.4 is 15.5 Å². The lowest BCUT2D eigenvalue weighted by molar-refractivity contribution is -0.127. The summed E-state index contributed by atoms with van der Waals surface area (Å²) in [6, 6.07) is 16.8. The molecule has 2 aromatic carbocycles. The lowest BCUT2D eigenvalue weighted by Crippen LogP contribution is -2.44. The minimum Gasteiger partial charge on any atom is -0.377 e. The molecule has 41 heavy (non-hydrogen) atoms. The molecule has 0 bridgehead atoms. The molecule has 12 heteroatoms. The van der Waals surface area contributed by atoms with Crippen molar-refractivity contribution in [2.75, 3.05) is 50.6 Å². The average Bonchev–Trinajstić information content (AvgIpc) is 3.80. The fourth-order valence-electron chi connectivity index (χ4n) is 4.80. The van der Waals surface area contributed by atoms with Crippen molar-refractivity contribution in [3.63, 3.8) is 0 Å². The number of hydrogen-bond acceptors (Lipinski definition) is 8. The topological polar surface area (TPSA) is 134 Å². The van der Waals surface area contributed by atoms with Crippen LogP contribution in [0.5, 0.6) is 0 Å². The zero-order valence-corrected chi connectivity index (χ0v) is 24.1. The predicted octanol–water partition coefficient (Wildman–Crippen LogP) is 3.04. The van der Waals surface area contributed by atoms with E-state index in [-0.39, 0.29) is 23.4 Å². The first-order chi connectivity index (χ1) is 19.6. The van der Waals surface area contributed by atoms with Crippen molar-refractivity contribution in [2.24, 2.45) is 0 Å². The maximum atomic E-state index is 13.8. The molecule has 1 atom stereocenters. The van der Waals surface area contributed by atoms with Gasteiger partial charge in [0.2, 0.25) is 5.91 Å². The van der Waals surface area contributed by atoms with Gasteiger partial charge in [-0.05, 0) is 56.2 Å². The molecule has 1 aliphatic carbocycles. The number of amides is 3. The molecule has 2 N–H and O–H groups in total. The molecule has 11 nitrogen and oxygen atoms in total. The molecule has 2 heterocycles. The van der Waals surface area contributed by atoms with E-state index in [1.54, 1.807) is 68.7 Å². The Morgan fingerprint density at radius 1 is 1.07 bits per heavy atom. The van der Waals surface area contributed by atoms with Gasteiger partial charge in [0.25, 0.3) is 0 Å². The van der Waals surface area contributed by atoms with E-state index >= 15 is 0 Å². The molecule has 1 aliphatic heterocycles. The SMILES string of the molecule is C[C@H]1COCCN1c1cc(C2(S(=O)(=O)c3ccccc3)CC2)nc(-c2ccc(NC(=O)NCC(=O)N(C)C)cc2)n1. The Bertz CT molecular complexity index is 1530. The van der Waals surface area contributed by atoms with E-state index in [9.17, 15) is 18.0 Å². The summed E-state index contributed by atoms with van der Waals surface area (Å²) >= 11 is 0. The van der Waals surface area contributed by atoms with Gasteiger partial charge >= 0.3 is 6.03 Å². The van der Waals surface area contributed by atoms with E-state index in [0.717, 1.165) is 0 Å². The van der Waals surface area contributed by atoms with Crippen molar-refractivity contribution in [3.05, 3.63) is 66.4 Å². The molecule has 2 aliphatic rings. The van der Waals surface area contributed by atoms with E-state index in [4.69, 9.17) is 14.7 Å². The molecule has 1 saturated heterocycles. The second kappa shape index (κ2) is 11.5. The van der Waals surface area contributed by atoms with Gasteiger partial charge in [-0.25, -0.2) is 23.2 Å². The quantitative estimate of drug-likeness (QED) is 0.417. The first-order valence-corrected chi connectivity index (χ1v) is 15.0. The number of likely N-dealkylation sites (N-methyl/N-ethyl adjacent to an activating group) is 1. The van der Waals surface area contributed by atoms with Gasteiger partial charge < -0.3 is 25.2 Å². The number of morpholine rings is 1. The van der Waals surface area contributed by atoms with Crippen LogP contribution in [0.4, 0.5) is 16.3 Å². The number of hydrogen-bond donors (Lipinski definition) is 2. The Morgan fingerprint density at radius 2 is 1.78 bits per heavy atom. The van der Waals surface area contributed by atoms with Crippen LogP contribution in [0.15, 0.2) is 65.6 Å². The fraction of sp³-hybridized carbons (Fsp3) is 0.379. The van der Waals surface area contributed by atoms with Crippen LogP contribution in [-0.4, -0.2) is 81.7 Å². The number of anilines is 2. The minimum atomic E-state index is -3.69. The van der Waals surface area contributed by atoms with E-state index in [0.29, 0.717) is 61.2 Å². The summed E-state index contributed by atoms with van der Waals surface area (Å²) in [6.07, 6.45) is 0.958. The Hall–Kier alpha value is -4.03. The lowest BCUT2D eigenvalue weighted by atomic mass is 10.1. The zero-order valence-electron chi connectivity index (χ0n) is 23.3. The summed E-state index contributed by atoms with van der Waals surface area (Å²) in [5, 5.41) is 5.23. The third-order valence-corrected chi connectivity index (χ3v) is 9.95. The van der Waals surface area contributed by atoms with Gasteiger partial charge in [-0.15, -0.1) is 0 Å². The van der Waals surface area contributed by atoms with Crippen LogP contribution in [0, 0.1) is 0 Å². The second-order valence-electron chi connectivity index (χ2n) is 10.5. The highest BCUT2D eigenvalue weighted by Crippen LogP contribution is 2.55. The molecule has 0 radical (unpaired) electrons. The van der Waals surface area contributed by atoms with Gasteiger partial charge in [0.1, 0.15) is 10.6 Å². The summed E-state index contributed by atoms with van der Waals surface area (Å²) in [4.78, 5) is 37.4. The highest BCUT2D eigenvalue weighted by atomic mass is 32.2. The monoisotopic (exact) mass is 578 g/mol. The number of carbonyl (C=O) groups excluding carboxylic acids is 2. The van der Waals surface area contributed by atoms with Crippen molar-refractivity contribution in [3.8, 4) is 11.4 Å². The molecule has 1 saturated carbocycles. The zero-order chi connectivity index (χ0) is 29.2. The van der Waals surface area contributed by atoms with Crippen LogP contribution in [0.1, 0.15) is 25.5 Å². The van der Waals surface area contributed by atoms with Gasteiger partial charge in [-0.1, -0.05) is 18.2 Å². The molecule has 3 aromatic rings. The summed E-state index contributed by atoms with van der Waals surface area (Å²) in [5.41, 5.74) is 1.68. The van der Waals surface area contributed by atoms with Crippen LogP contribution in [0.3, 0.4) is 0 Å². The molecule has 0 unspecified atom stereocenters. The first-order valence-electron chi connectivity index (χ1n) is 13.5. The minimum absolute atomic E-state index is 0.0599. The fourth-order valence-corrected chi connectivity index (χ4v) is 6.79. The van der Waals surface area contributed by atoms with Crippen molar-refractivity contribution < 1.29 is 22.7 Å². The maximum Gasteiger partial charge on any atom is 0.319 e. The molecule has 2 fully saturated rings. The third kappa shape index (κ3) is 5.89. The molecular weight excluding hydrogens is 544 g/mol. The largest absolute Gasteiger partial charge is 0.377 e. The molecule has 5 rings (SSSR count). The molecule has 216 valence electrons. The van der Waals surface area contributed by atoms with Gasteiger partial charge in [0.05, 0.1) is 36.4 Å². The number of carbonyl (C=O) groups is 2. The summed E-state index contributed by atoms with van der Waals surface area (Å²) in [7, 11) is -0.461. The number of sulfone groups is 1. The van der Waals surface area contributed by atoms with Crippen LogP contribution in [0.2, 0.25) is 0 Å². The van der Waals surface area contributed by atoms with Gasteiger partial charge in [0, 0.05) is 38.0 Å². The van der Waals surface area contributed by atoms with E-state index in [2.05, 4.69) is 15.5 Å². The summed E-state index contributed by atoms with van der Waals surface area (Å²) in [6.45, 7) is 3.66. The summed E-state index contributed by atoms with van der Waals surface area (Å²) in [5.74, 6) is 0.835. The van der Waals surface area contributed by atoms with E-state index < -0.39 is 20.6 Å². The Balaban J connectivity index is 1.46. The molecule has 3 amide bonds. The second-order valence-corrected chi connectivity index (χ2v) is 12.8. The maximum absolute atomic E-state index is 13.8. The highest BCUT2D eigenvalue weighted by Gasteiger charge is 2.58. The molecule has 1 aromatic heterocycles. The Morgan fingerprint density at radius 3 is 2.41 bits per heavy atom. The number of ether oxygens (including phenoxy) is 1. The van der Waals surface area contributed by atoms with Gasteiger partial charge in [-0.3, -0.25) is 4.79 Å². The molecule has 0 spiro atoms. The third-order valence-electron chi connectivity index (χ3n) is 7.41. The first kappa shape index (κ1) is 28.5. The van der Waals surface area contributed by atoms with E-state index in [1.165, 1.54) is 4.90 Å². The standard InChI is InChI=1S/C29H34N6O5S/c1-20-19-40-16-15-35(20)25-17-24(29(13-14-29)41(38,39)23-7-5-4-6-8-23)32-27(33-25)21-9-11-22(12-10-21)31-28(37)30-18-26(36)34(2)3/h4-12,17,20H,13-16,18-19H2,1-3H3,(H2,30,31,37)/t20-/m0/s1. The number of nitrogens with one attached hydrogen (secondary N) is 2. The number of rotatable bonds is 8. The number of benzene rings is 2. The normalized spacial score (nSPS) is 17.9. The average molecular weight is 579 g/mol. The molecular formula is C29H34N6O5S. The number of nitrogens with zero attached hydrogens (tertiary/aromatic N) is 4. The van der Waals surface area contributed by atoms with Crippen LogP contribution in [-0.2, 0) is 24.1 Å².